The van der Waals surface area contributed by atoms with Gasteiger partial charge in [-0.25, -0.2) is 4.79 Å². The van der Waals surface area contributed by atoms with Crippen LogP contribution in [0.25, 0.3) is 0 Å². The maximum absolute atomic E-state index is 12.4. The van der Waals surface area contributed by atoms with Crippen LogP contribution in [0.3, 0.4) is 0 Å². The quantitative estimate of drug-likeness (QED) is 0.687. The van der Waals surface area contributed by atoms with E-state index in [1.165, 1.54) is 18.4 Å². The molecular weight excluding hydrogens is 334 g/mol. The smallest absolute Gasteiger partial charge is 0.411 e. The number of hydrogen-bond acceptors (Lipinski definition) is 2. The maximum Gasteiger partial charge on any atom is 0.411 e. The van der Waals surface area contributed by atoms with E-state index in [1.54, 1.807) is 4.90 Å². The van der Waals surface area contributed by atoms with Crippen molar-refractivity contribution in [2.24, 2.45) is 0 Å². The number of rotatable bonds is 5. The van der Waals surface area contributed by atoms with Crippen LogP contribution in [0.5, 0.6) is 0 Å². The highest BCUT2D eigenvalue weighted by atomic mass is 16.6. The molecule has 1 aliphatic rings. The highest BCUT2D eigenvalue weighted by molar-refractivity contribution is 5.69. The Morgan fingerprint density at radius 3 is 2.78 bits per heavy atom. The van der Waals surface area contributed by atoms with E-state index in [0.717, 1.165) is 30.4 Å². The molecule has 140 valence electrons. The minimum absolute atomic E-state index is 0.0624. The van der Waals surface area contributed by atoms with Gasteiger partial charge in [0, 0.05) is 12.1 Å². The third-order valence-electron chi connectivity index (χ3n) is 4.82. The molecule has 3 rings (SSSR count). The summed E-state index contributed by atoms with van der Waals surface area (Å²) >= 11 is 0. The standard InChI is InChI=1S/C24H27NO2/c1-2-3-9-20-12-7-13-21(18-20)15-16-23-14-8-17-25(23)24(26)27-19-22-10-5-4-6-11-22/h4-7,10-13,18,23H,2-3,8-9,14,17,19H2,1H3. The number of likely N-dealkylation sites (tertiary alicyclic amines) is 1. The average Bonchev–Trinajstić information content (AvgIpc) is 3.19. The second kappa shape index (κ2) is 9.83. The molecule has 0 bridgehead atoms. The summed E-state index contributed by atoms with van der Waals surface area (Å²) in [7, 11) is 0. The average molecular weight is 361 g/mol. The predicted molar refractivity (Wildman–Crippen MR) is 108 cm³/mol. The van der Waals surface area contributed by atoms with Gasteiger partial charge in [-0.15, -0.1) is 0 Å². The van der Waals surface area contributed by atoms with Crippen LogP contribution in [0.15, 0.2) is 54.6 Å². The van der Waals surface area contributed by atoms with Crippen molar-refractivity contribution in [1.82, 2.24) is 4.90 Å². The van der Waals surface area contributed by atoms with E-state index in [2.05, 4.69) is 37.0 Å². The van der Waals surface area contributed by atoms with Crippen LogP contribution in [0.4, 0.5) is 4.79 Å². The number of hydrogen-bond donors (Lipinski definition) is 0. The van der Waals surface area contributed by atoms with Crippen molar-refractivity contribution in [3.05, 3.63) is 71.3 Å². The summed E-state index contributed by atoms with van der Waals surface area (Å²) in [6.45, 7) is 3.22. The van der Waals surface area contributed by atoms with E-state index in [4.69, 9.17) is 4.74 Å². The molecular formula is C24H27NO2. The second-order valence-electron chi connectivity index (χ2n) is 6.96. The zero-order chi connectivity index (χ0) is 18.9. The van der Waals surface area contributed by atoms with E-state index in [-0.39, 0.29) is 12.1 Å². The Morgan fingerprint density at radius 2 is 1.96 bits per heavy atom. The summed E-state index contributed by atoms with van der Waals surface area (Å²) in [5.41, 5.74) is 3.35. The third kappa shape index (κ3) is 5.62. The van der Waals surface area contributed by atoms with Gasteiger partial charge in [0.2, 0.25) is 0 Å². The molecule has 0 saturated carbocycles. The van der Waals surface area contributed by atoms with Crippen LogP contribution in [0.2, 0.25) is 0 Å². The van der Waals surface area contributed by atoms with Gasteiger partial charge in [-0.05, 0) is 48.9 Å². The lowest BCUT2D eigenvalue weighted by atomic mass is 10.1. The normalized spacial score (nSPS) is 15.9. The van der Waals surface area contributed by atoms with E-state index >= 15 is 0 Å². The van der Waals surface area contributed by atoms with Gasteiger partial charge in [-0.2, -0.15) is 0 Å². The van der Waals surface area contributed by atoms with Crippen LogP contribution in [-0.2, 0) is 17.8 Å². The number of amides is 1. The molecule has 3 heteroatoms. The molecule has 1 heterocycles. The van der Waals surface area contributed by atoms with Crippen LogP contribution < -0.4 is 0 Å². The summed E-state index contributed by atoms with van der Waals surface area (Å²) in [6.07, 6.45) is 5.08. The number of unbranched alkanes of at least 4 members (excludes halogenated alkanes) is 1. The lowest BCUT2D eigenvalue weighted by molar-refractivity contribution is 0.0984. The van der Waals surface area contributed by atoms with Crippen molar-refractivity contribution in [3.63, 3.8) is 0 Å². The summed E-state index contributed by atoms with van der Waals surface area (Å²) in [4.78, 5) is 14.2. The fourth-order valence-electron chi connectivity index (χ4n) is 3.29. The van der Waals surface area contributed by atoms with E-state index < -0.39 is 0 Å². The van der Waals surface area contributed by atoms with Crippen molar-refractivity contribution in [3.8, 4) is 11.8 Å². The van der Waals surface area contributed by atoms with Gasteiger partial charge in [-0.3, -0.25) is 4.90 Å². The predicted octanol–water partition coefficient (Wildman–Crippen LogP) is 5.18. The van der Waals surface area contributed by atoms with Gasteiger partial charge in [0.1, 0.15) is 6.61 Å². The van der Waals surface area contributed by atoms with Gasteiger partial charge in [0.15, 0.2) is 0 Å². The first kappa shape index (κ1) is 19.0. The molecule has 3 nitrogen and oxygen atoms in total. The number of carbonyl (C=O) groups is 1. The topological polar surface area (TPSA) is 29.5 Å². The number of nitrogens with zero attached hydrogens (tertiary/aromatic N) is 1. The van der Waals surface area contributed by atoms with E-state index in [9.17, 15) is 4.79 Å². The molecule has 1 saturated heterocycles. The zero-order valence-electron chi connectivity index (χ0n) is 16.0. The van der Waals surface area contributed by atoms with Crippen LogP contribution in [0.1, 0.15) is 49.3 Å². The second-order valence-corrected chi connectivity index (χ2v) is 6.96. The molecule has 0 aliphatic carbocycles. The highest BCUT2D eigenvalue weighted by Gasteiger charge is 2.28. The van der Waals surface area contributed by atoms with Crippen LogP contribution >= 0.6 is 0 Å². The molecule has 2 aromatic carbocycles. The Balaban J connectivity index is 1.60. The van der Waals surface area contributed by atoms with Gasteiger partial charge >= 0.3 is 6.09 Å². The number of aryl methyl sites for hydroxylation is 1. The minimum Gasteiger partial charge on any atom is -0.445 e. The number of benzene rings is 2. The molecule has 0 aromatic heterocycles. The van der Waals surface area contributed by atoms with Crippen molar-refractivity contribution in [1.29, 1.82) is 0 Å². The maximum atomic E-state index is 12.4. The minimum atomic E-state index is -0.271. The molecule has 0 spiro atoms. The largest absolute Gasteiger partial charge is 0.445 e. The lowest BCUT2D eigenvalue weighted by Crippen LogP contribution is -2.35. The molecule has 1 atom stereocenters. The van der Waals surface area contributed by atoms with Crippen LogP contribution in [-0.4, -0.2) is 23.6 Å². The van der Waals surface area contributed by atoms with Gasteiger partial charge in [0.25, 0.3) is 0 Å². The van der Waals surface area contributed by atoms with E-state index in [0.29, 0.717) is 13.2 Å². The van der Waals surface area contributed by atoms with Crippen molar-refractivity contribution in [2.75, 3.05) is 6.54 Å². The van der Waals surface area contributed by atoms with Crippen molar-refractivity contribution < 1.29 is 9.53 Å². The Hall–Kier alpha value is -2.73. The number of ether oxygens (including phenoxy) is 1. The summed E-state index contributed by atoms with van der Waals surface area (Å²) in [6, 6.07) is 18.1. The van der Waals surface area contributed by atoms with Crippen molar-refractivity contribution in [2.45, 2.75) is 51.7 Å². The molecule has 1 aliphatic heterocycles. The summed E-state index contributed by atoms with van der Waals surface area (Å²) in [5, 5.41) is 0. The molecule has 1 amide bonds. The fourth-order valence-corrected chi connectivity index (χ4v) is 3.29. The van der Waals surface area contributed by atoms with Crippen LogP contribution in [0, 0.1) is 11.8 Å². The Morgan fingerprint density at radius 1 is 1.15 bits per heavy atom. The lowest BCUT2D eigenvalue weighted by Gasteiger charge is -2.20. The van der Waals surface area contributed by atoms with Gasteiger partial charge in [0.05, 0.1) is 6.04 Å². The number of carbonyl (C=O) groups excluding carboxylic acids is 1. The Bertz CT molecular complexity index is 804. The molecule has 0 radical (unpaired) electrons. The highest BCUT2D eigenvalue weighted by Crippen LogP contribution is 2.18. The Labute approximate surface area is 162 Å². The van der Waals surface area contributed by atoms with Crippen molar-refractivity contribution >= 4 is 6.09 Å². The first-order valence-corrected chi connectivity index (χ1v) is 9.84. The Kier molecular flexibility index (Phi) is 6.93. The monoisotopic (exact) mass is 361 g/mol. The molecule has 1 unspecified atom stereocenters. The SMILES string of the molecule is CCCCc1cccc(C#CC2CCCN2C(=O)OCc2ccccc2)c1. The van der Waals surface area contributed by atoms with E-state index in [1.807, 2.05) is 36.4 Å². The fraction of sp³-hybridized carbons (Fsp3) is 0.375. The third-order valence-corrected chi connectivity index (χ3v) is 4.82. The first-order chi connectivity index (χ1) is 13.3. The van der Waals surface area contributed by atoms with Gasteiger partial charge in [-0.1, -0.05) is 67.6 Å². The van der Waals surface area contributed by atoms with Gasteiger partial charge < -0.3 is 4.74 Å². The molecule has 0 N–H and O–H groups in total. The molecule has 1 fully saturated rings. The molecule has 27 heavy (non-hydrogen) atoms. The zero-order valence-corrected chi connectivity index (χ0v) is 16.0. The summed E-state index contributed by atoms with van der Waals surface area (Å²) < 4.78 is 5.48. The summed E-state index contributed by atoms with van der Waals surface area (Å²) in [5.74, 6) is 6.55. The molecule has 2 aromatic rings. The first-order valence-electron chi connectivity index (χ1n) is 9.84.